The fourth-order valence-corrected chi connectivity index (χ4v) is 5.92. The Hall–Kier alpha value is -5.12. The Morgan fingerprint density at radius 1 is 1.02 bits per heavy atom. The average molecular weight is 585 g/mol. The molecule has 0 aliphatic carbocycles. The molecule has 2 N–H and O–H groups in total. The summed E-state index contributed by atoms with van der Waals surface area (Å²) in [4.78, 5) is 39.4. The van der Waals surface area contributed by atoms with Gasteiger partial charge < -0.3 is 20.3 Å². The molecule has 0 spiro atoms. The highest BCUT2D eigenvalue weighted by Crippen LogP contribution is 2.31. The molecule has 2 aromatic heterocycles. The predicted octanol–water partition coefficient (Wildman–Crippen LogP) is 5.34. The normalized spacial score (nSPS) is 18.4. The molecule has 2 aliphatic rings. The standard InChI is InChI=1S/C35H32N6O3/c1-22(23-8-4-3-5-9-23)28-18-26-20-36-35(37-27-14-12-24(13-15-27)31-21-40(2)16-17-44-31)39-32(26)41(34(28)43)30-19-25-10-6-7-11-29(25)38-33(30)42/h3-15,18,20,30-31H,1,16-17,19,21H2,2H3,(H,38,42)(H,36,37,39). The summed E-state index contributed by atoms with van der Waals surface area (Å²) < 4.78 is 7.45. The molecule has 7 rings (SSSR count). The minimum Gasteiger partial charge on any atom is -0.371 e. The molecule has 3 aromatic carbocycles. The summed E-state index contributed by atoms with van der Waals surface area (Å²) in [6.07, 6.45) is 2.06. The third-order valence-electron chi connectivity index (χ3n) is 8.33. The number of hydrogen-bond acceptors (Lipinski definition) is 7. The first-order valence-electron chi connectivity index (χ1n) is 14.7. The topological polar surface area (TPSA) is 101 Å². The number of hydrogen-bond donors (Lipinski definition) is 2. The summed E-state index contributed by atoms with van der Waals surface area (Å²) in [6.45, 7) is 6.72. The molecule has 220 valence electrons. The van der Waals surface area contributed by atoms with Gasteiger partial charge >= 0.3 is 0 Å². The zero-order valence-corrected chi connectivity index (χ0v) is 24.4. The predicted molar refractivity (Wildman–Crippen MR) is 172 cm³/mol. The summed E-state index contributed by atoms with van der Waals surface area (Å²) in [5.41, 5.74) is 5.41. The zero-order valence-electron chi connectivity index (χ0n) is 24.4. The van der Waals surface area contributed by atoms with Gasteiger partial charge in [-0.15, -0.1) is 0 Å². The second-order valence-corrected chi connectivity index (χ2v) is 11.3. The van der Waals surface area contributed by atoms with Crippen LogP contribution in [-0.2, 0) is 16.0 Å². The van der Waals surface area contributed by atoms with Crippen molar-refractivity contribution in [3.8, 4) is 0 Å². The maximum absolute atomic E-state index is 14.3. The van der Waals surface area contributed by atoms with E-state index in [1.54, 1.807) is 12.3 Å². The van der Waals surface area contributed by atoms with Crippen molar-refractivity contribution in [2.75, 3.05) is 37.4 Å². The number of benzene rings is 3. The number of para-hydroxylation sites is 1. The van der Waals surface area contributed by atoms with Crippen LogP contribution >= 0.6 is 0 Å². The van der Waals surface area contributed by atoms with Crippen LogP contribution in [0.4, 0.5) is 17.3 Å². The van der Waals surface area contributed by atoms with E-state index in [9.17, 15) is 9.59 Å². The van der Waals surface area contributed by atoms with Crippen molar-refractivity contribution in [2.45, 2.75) is 18.6 Å². The van der Waals surface area contributed by atoms with Crippen molar-refractivity contribution in [1.29, 1.82) is 0 Å². The van der Waals surface area contributed by atoms with Crippen LogP contribution in [0, 0.1) is 0 Å². The summed E-state index contributed by atoms with van der Waals surface area (Å²) in [5, 5.41) is 6.87. The lowest BCUT2D eigenvalue weighted by Gasteiger charge is -2.30. The minimum absolute atomic E-state index is 0.0285. The lowest BCUT2D eigenvalue weighted by molar-refractivity contribution is -0.119. The van der Waals surface area contributed by atoms with E-state index in [1.807, 2.05) is 78.9 Å². The molecule has 2 aliphatic heterocycles. The maximum atomic E-state index is 14.3. The fourth-order valence-electron chi connectivity index (χ4n) is 5.92. The molecular weight excluding hydrogens is 552 g/mol. The van der Waals surface area contributed by atoms with Crippen LogP contribution in [0.3, 0.4) is 0 Å². The zero-order chi connectivity index (χ0) is 30.2. The van der Waals surface area contributed by atoms with E-state index in [-0.39, 0.29) is 17.6 Å². The van der Waals surface area contributed by atoms with Crippen molar-refractivity contribution in [1.82, 2.24) is 19.4 Å². The summed E-state index contributed by atoms with van der Waals surface area (Å²) in [7, 11) is 2.10. The Bertz CT molecular complexity index is 1940. The highest BCUT2D eigenvalue weighted by atomic mass is 16.5. The van der Waals surface area contributed by atoms with Crippen LogP contribution in [-0.4, -0.2) is 52.1 Å². The Labute approximate surface area is 254 Å². The van der Waals surface area contributed by atoms with E-state index >= 15 is 0 Å². The smallest absolute Gasteiger partial charge is 0.260 e. The number of ether oxygens (including phenoxy) is 1. The van der Waals surface area contributed by atoms with Gasteiger partial charge in [0.2, 0.25) is 11.9 Å². The van der Waals surface area contributed by atoms with Gasteiger partial charge in [-0.3, -0.25) is 14.2 Å². The Morgan fingerprint density at radius 3 is 2.59 bits per heavy atom. The van der Waals surface area contributed by atoms with Crippen molar-refractivity contribution in [3.05, 3.63) is 130 Å². The molecule has 1 amide bonds. The minimum atomic E-state index is -0.806. The molecule has 1 fully saturated rings. The molecule has 0 bridgehead atoms. The van der Waals surface area contributed by atoms with Crippen LogP contribution in [0.5, 0.6) is 0 Å². The number of morpholine rings is 1. The van der Waals surface area contributed by atoms with Crippen LogP contribution in [0.1, 0.15) is 34.4 Å². The number of pyridine rings is 1. The quantitative estimate of drug-likeness (QED) is 0.278. The van der Waals surface area contributed by atoms with Gasteiger partial charge in [0.1, 0.15) is 11.7 Å². The third-order valence-corrected chi connectivity index (χ3v) is 8.33. The van der Waals surface area contributed by atoms with Crippen molar-refractivity contribution < 1.29 is 9.53 Å². The second-order valence-electron chi connectivity index (χ2n) is 11.3. The highest BCUT2D eigenvalue weighted by molar-refractivity contribution is 5.98. The monoisotopic (exact) mass is 584 g/mol. The van der Waals surface area contributed by atoms with E-state index in [0.717, 1.165) is 41.2 Å². The average Bonchev–Trinajstić information content (AvgIpc) is 3.05. The number of aromatic nitrogens is 3. The van der Waals surface area contributed by atoms with Gasteiger partial charge in [-0.05, 0) is 53.6 Å². The number of carbonyl (C=O) groups is 1. The van der Waals surface area contributed by atoms with E-state index in [1.165, 1.54) is 4.57 Å². The molecule has 0 radical (unpaired) electrons. The van der Waals surface area contributed by atoms with Gasteiger partial charge in [0, 0.05) is 48.0 Å². The van der Waals surface area contributed by atoms with Gasteiger partial charge in [-0.25, -0.2) is 4.98 Å². The van der Waals surface area contributed by atoms with E-state index < -0.39 is 6.04 Å². The molecule has 9 nitrogen and oxygen atoms in total. The number of nitrogens with zero attached hydrogens (tertiary/aromatic N) is 4. The van der Waals surface area contributed by atoms with Gasteiger partial charge in [0.05, 0.1) is 12.7 Å². The van der Waals surface area contributed by atoms with Gasteiger partial charge in [0.25, 0.3) is 5.56 Å². The molecule has 4 heterocycles. The summed E-state index contributed by atoms with van der Waals surface area (Å²) >= 11 is 0. The molecule has 9 heteroatoms. The lowest BCUT2D eigenvalue weighted by Crippen LogP contribution is -2.39. The third kappa shape index (κ3) is 5.27. The Morgan fingerprint density at radius 2 is 1.80 bits per heavy atom. The number of carbonyl (C=O) groups excluding carboxylic acids is 1. The number of fused-ring (bicyclic) bond motifs is 2. The van der Waals surface area contributed by atoms with Gasteiger partial charge in [-0.2, -0.15) is 4.98 Å². The lowest BCUT2D eigenvalue weighted by atomic mass is 9.96. The number of rotatable bonds is 6. The SMILES string of the molecule is C=C(c1ccccc1)c1cc2cnc(Nc3ccc(C4CN(C)CCO4)cc3)nc2n(C2Cc3ccccc3NC2=O)c1=O. The summed E-state index contributed by atoms with van der Waals surface area (Å²) in [6, 6.07) is 26.1. The largest absolute Gasteiger partial charge is 0.371 e. The van der Waals surface area contributed by atoms with E-state index in [2.05, 4.69) is 34.1 Å². The van der Waals surface area contributed by atoms with Crippen molar-refractivity contribution in [2.24, 2.45) is 0 Å². The van der Waals surface area contributed by atoms with Gasteiger partial charge in [0.15, 0.2) is 0 Å². The van der Waals surface area contributed by atoms with Gasteiger partial charge in [-0.1, -0.05) is 67.2 Å². The Balaban J connectivity index is 1.28. The van der Waals surface area contributed by atoms with E-state index in [4.69, 9.17) is 9.72 Å². The first-order chi connectivity index (χ1) is 21.4. The van der Waals surface area contributed by atoms with Crippen molar-refractivity contribution in [3.63, 3.8) is 0 Å². The second kappa shape index (κ2) is 11.5. The first-order valence-corrected chi connectivity index (χ1v) is 14.7. The molecule has 5 aromatic rings. The summed E-state index contributed by atoms with van der Waals surface area (Å²) in [5.74, 6) is 0.0483. The van der Waals surface area contributed by atoms with Crippen LogP contribution in [0.2, 0.25) is 0 Å². The molecule has 44 heavy (non-hydrogen) atoms. The fraction of sp³-hybridized carbons (Fsp3) is 0.200. The number of nitrogens with one attached hydrogen (secondary N) is 2. The number of anilines is 3. The molecule has 0 saturated carbocycles. The molecule has 2 unspecified atom stereocenters. The Kier molecular flexibility index (Phi) is 7.25. The molecular formula is C35H32N6O3. The highest BCUT2D eigenvalue weighted by Gasteiger charge is 2.31. The van der Waals surface area contributed by atoms with Crippen LogP contribution < -0.4 is 16.2 Å². The van der Waals surface area contributed by atoms with E-state index in [0.29, 0.717) is 41.1 Å². The van der Waals surface area contributed by atoms with Crippen molar-refractivity contribution >= 4 is 39.8 Å². The first kappa shape index (κ1) is 27.7. The molecule has 1 saturated heterocycles. The molecule has 2 atom stereocenters. The maximum Gasteiger partial charge on any atom is 0.260 e. The van der Waals surface area contributed by atoms with Crippen LogP contribution in [0.15, 0.2) is 102 Å². The number of likely N-dealkylation sites (N-methyl/N-ethyl adjacent to an activating group) is 1. The number of amides is 1. The van der Waals surface area contributed by atoms with Crippen LogP contribution in [0.25, 0.3) is 16.6 Å².